The maximum absolute atomic E-state index is 6.14. The largest absolute Gasteiger partial charge is 0.493 e. The predicted octanol–water partition coefficient (Wildman–Crippen LogP) is 4.29. The van der Waals surface area contributed by atoms with Crippen molar-refractivity contribution in [1.82, 2.24) is 5.16 Å². The van der Waals surface area contributed by atoms with Crippen LogP contribution in [0.15, 0.2) is 33.8 Å². The Balaban J connectivity index is 1.69. The van der Waals surface area contributed by atoms with E-state index in [0.717, 1.165) is 35.6 Å². The molecule has 25 heavy (non-hydrogen) atoms. The third-order valence-corrected chi connectivity index (χ3v) is 4.18. The maximum Gasteiger partial charge on any atom is 0.253 e. The topological polar surface area (TPSA) is 66.1 Å². The SMILES string of the molecule is CCOC=Nc1cc(Cc2ccc(OC)c(OC3CCCC3)c2)no1. The van der Waals surface area contributed by atoms with Gasteiger partial charge in [0, 0.05) is 12.5 Å². The van der Waals surface area contributed by atoms with E-state index in [9.17, 15) is 0 Å². The highest BCUT2D eigenvalue weighted by Crippen LogP contribution is 2.33. The van der Waals surface area contributed by atoms with Crippen LogP contribution in [0.1, 0.15) is 43.9 Å². The van der Waals surface area contributed by atoms with Crippen molar-refractivity contribution >= 4 is 12.3 Å². The van der Waals surface area contributed by atoms with Crippen LogP contribution >= 0.6 is 0 Å². The molecule has 0 radical (unpaired) electrons. The molecule has 2 aromatic rings. The molecule has 3 rings (SSSR count). The monoisotopic (exact) mass is 344 g/mol. The molecule has 0 amide bonds. The van der Waals surface area contributed by atoms with Crippen molar-refractivity contribution < 1.29 is 18.7 Å². The van der Waals surface area contributed by atoms with Crippen molar-refractivity contribution in [2.24, 2.45) is 4.99 Å². The van der Waals surface area contributed by atoms with Gasteiger partial charge >= 0.3 is 0 Å². The van der Waals surface area contributed by atoms with E-state index >= 15 is 0 Å². The fourth-order valence-corrected chi connectivity index (χ4v) is 2.93. The first-order valence-corrected chi connectivity index (χ1v) is 8.71. The molecule has 1 fully saturated rings. The normalized spacial score (nSPS) is 15.0. The van der Waals surface area contributed by atoms with Crippen molar-refractivity contribution in [3.8, 4) is 11.5 Å². The van der Waals surface area contributed by atoms with Crippen molar-refractivity contribution in [3.05, 3.63) is 35.5 Å². The molecule has 1 heterocycles. The first-order chi connectivity index (χ1) is 12.3. The van der Waals surface area contributed by atoms with Crippen LogP contribution < -0.4 is 9.47 Å². The van der Waals surface area contributed by atoms with E-state index in [1.54, 1.807) is 13.2 Å². The van der Waals surface area contributed by atoms with Crippen LogP contribution in [-0.4, -0.2) is 31.4 Å². The smallest absolute Gasteiger partial charge is 0.253 e. The second-order valence-corrected chi connectivity index (χ2v) is 6.03. The number of hydrogen-bond donors (Lipinski definition) is 0. The lowest BCUT2D eigenvalue weighted by molar-refractivity contribution is 0.200. The number of benzene rings is 1. The molecule has 0 N–H and O–H groups in total. The van der Waals surface area contributed by atoms with Gasteiger partial charge in [0.05, 0.1) is 25.5 Å². The molecule has 1 aliphatic rings. The average Bonchev–Trinajstić information content (AvgIpc) is 3.28. The van der Waals surface area contributed by atoms with Crippen LogP contribution in [0.25, 0.3) is 0 Å². The van der Waals surface area contributed by atoms with Gasteiger partial charge in [0.25, 0.3) is 5.88 Å². The Morgan fingerprint density at radius 3 is 2.84 bits per heavy atom. The van der Waals surface area contributed by atoms with E-state index in [1.165, 1.54) is 19.2 Å². The Labute approximate surface area is 147 Å². The fraction of sp³-hybridized carbons (Fsp3) is 0.474. The second kappa shape index (κ2) is 8.55. The van der Waals surface area contributed by atoms with Gasteiger partial charge in [0.1, 0.15) is 0 Å². The molecule has 0 unspecified atom stereocenters. The number of methoxy groups -OCH3 is 1. The Hall–Kier alpha value is -2.50. The Bertz CT molecular complexity index is 705. The standard InChI is InChI=1S/C19H24N2O4/c1-3-23-13-20-19-12-15(21-25-19)10-14-8-9-17(22-2)18(11-14)24-16-6-4-5-7-16/h8-9,11-13,16H,3-7,10H2,1-2H3. The van der Waals surface area contributed by atoms with Gasteiger partial charge in [-0.3, -0.25) is 0 Å². The van der Waals surface area contributed by atoms with Crippen molar-refractivity contribution in [1.29, 1.82) is 0 Å². The van der Waals surface area contributed by atoms with Crippen molar-refractivity contribution in [2.75, 3.05) is 13.7 Å². The van der Waals surface area contributed by atoms with E-state index in [0.29, 0.717) is 18.9 Å². The summed E-state index contributed by atoms with van der Waals surface area (Å²) >= 11 is 0. The van der Waals surface area contributed by atoms with Crippen LogP contribution in [0.2, 0.25) is 0 Å². The maximum atomic E-state index is 6.14. The third-order valence-electron chi connectivity index (χ3n) is 4.18. The van der Waals surface area contributed by atoms with Crippen LogP contribution in [0.5, 0.6) is 11.5 Å². The minimum atomic E-state index is 0.288. The van der Waals surface area contributed by atoms with Gasteiger partial charge in [-0.05, 0) is 50.3 Å². The van der Waals surface area contributed by atoms with E-state index in [1.807, 2.05) is 25.1 Å². The van der Waals surface area contributed by atoms with Crippen molar-refractivity contribution in [2.45, 2.75) is 45.1 Å². The summed E-state index contributed by atoms with van der Waals surface area (Å²) in [7, 11) is 1.66. The number of hydrogen-bond acceptors (Lipinski definition) is 6. The van der Waals surface area contributed by atoms with Gasteiger partial charge in [-0.15, -0.1) is 0 Å². The highest BCUT2D eigenvalue weighted by Gasteiger charge is 2.18. The summed E-state index contributed by atoms with van der Waals surface area (Å²) in [6, 6.07) is 7.78. The zero-order valence-electron chi connectivity index (χ0n) is 14.7. The molecule has 1 saturated carbocycles. The van der Waals surface area contributed by atoms with E-state index in [-0.39, 0.29) is 6.10 Å². The number of ether oxygens (including phenoxy) is 3. The summed E-state index contributed by atoms with van der Waals surface area (Å²) in [6.45, 7) is 2.47. The average molecular weight is 344 g/mol. The molecule has 0 spiro atoms. The van der Waals surface area contributed by atoms with Gasteiger partial charge in [0.2, 0.25) is 0 Å². The minimum Gasteiger partial charge on any atom is -0.493 e. The second-order valence-electron chi connectivity index (χ2n) is 6.03. The molecule has 6 heteroatoms. The lowest BCUT2D eigenvalue weighted by Gasteiger charge is -2.16. The number of aliphatic imine (C=N–C) groups is 1. The molecule has 134 valence electrons. The fourth-order valence-electron chi connectivity index (χ4n) is 2.93. The summed E-state index contributed by atoms with van der Waals surface area (Å²) in [4.78, 5) is 4.05. The highest BCUT2D eigenvalue weighted by molar-refractivity contribution is 5.52. The lowest BCUT2D eigenvalue weighted by Crippen LogP contribution is -2.11. The van der Waals surface area contributed by atoms with Gasteiger partial charge in [-0.2, -0.15) is 4.99 Å². The lowest BCUT2D eigenvalue weighted by atomic mass is 10.1. The van der Waals surface area contributed by atoms with Gasteiger partial charge < -0.3 is 18.7 Å². The molecule has 1 aromatic heterocycles. The third kappa shape index (κ3) is 4.75. The molecule has 1 aromatic carbocycles. The van der Waals surface area contributed by atoms with E-state index in [2.05, 4.69) is 10.1 Å². The number of aromatic nitrogens is 1. The summed E-state index contributed by atoms with van der Waals surface area (Å²) in [5, 5.41) is 4.05. The molecule has 1 aliphatic carbocycles. The summed E-state index contributed by atoms with van der Waals surface area (Å²) in [5.74, 6) is 1.99. The molecule has 0 atom stereocenters. The summed E-state index contributed by atoms with van der Waals surface area (Å²) < 4.78 is 21.8. The highest BCUT2D eigenvalue weighted by atomic mass is 16.5. The number of rotatable bonds is 8. The Morgan fingerprint density at radius 1 is 1.24 bits per heavy atom. The molecular weight excluding hydrogens is 320 g/mol. The van der Waals surface area contributed by atoms with Gasteiger partial charge in [0.15, 0.2) is 17.9 Å². The quantitative estimate of drug-likeness (QED) is 0.528. The number of nitrogens with zero attached hydrogens (tertiary/aromatic N) is 2. The summed E-state index contributed by atoms with van der Waals surface area (Å²) in [6.07, 6.45) is 6.98. The van der Waals surface area contributed by atoms with Crippen LogP contribution in [0.4, 0.5) is 5.88 Å². The zero-order chi connectivity index (χ0) is 17.5. The van der Waals surface area contributed by atoms with Crippen LogP contribution in [0.3, 0.4) is 0 Å². The van der Waals surface area contributed by atoms with Crippen molar-refractivity contribution in [3.63, 3.8) is 0 Å². The minimum absolute atomic E-state index is 0.288. The van der Waals surface area contributed by atoms with Gasteiger partial charge in [-0.1, -0.05) is 11.2 Å². The molecule has 6 nitrogen and oxygen atoms in total. The molecule has 0 saturated heterocycles. The Kier molecular flexibility index (Phi) is 5.93. The van der Waals surface area contributed by atoms with E-state index < -0.39 is 0 Å². The van der Waals surface area contributed by atoms with E-state index in [4.69, 9.17) is 18.7 Å². The van der Waals surface area contributed by atoms with Gasteiger partial charge in [-0.25, -0.2) is 0 Å². The first kappa shape index (κ1) is 17.3. The molecule has 0 bridgehead atoms. The zero-order valence-corrected chi connectivity index (χ0v) is 14.7. The first-order valence-electron chi connectivity index (χ1n) is 8.71. The molecule has 0 aliphatic heterocycles. The summed E-state index contributed by atoms with van der Waals surface area (Å²) in [5.41, 5.74) is 1.89. The van der Waals surface area contributed by atoms with Crippen LogP contribution in [0, 0.1) is 0 Å². The molecular formula is C19H24N2O4. The predicted molar refractivity (Wildman–Crippen MR) is 95.0 cm³/mol. The van der Waals surface area contributed by atoms with Crippen LogP contribution in [-0.2, 0) is 11.2 Å². The Morgan fingerprint density at radius 2 is 2.08 bits per heavy atom.